The molecule has 94 valence electrons. The summed E-state index contributed by atoms with van der Waals surface area (Å²) in [5, 5.41) is 0. The van der Waals surface area contributed by atoms with Gasteiger partial charge in [0, 0.05) is 30.2 Å². The van der Waals surface area contributed by atoms with E-state index in [0.717, 1.165) is 13.1 Å². The molecule has 0 bridgehead atoms. The number of amides is 1. The Morgan fingerprint density at radius 1 is 1.29 bits per heavy atom. The number of hydrogen-bond acceptors (Lipinski definition) is 2. The van der Waals surface area contributed by atoms with Gasteiger partial charge in [-0.25, -0.2) is 4.39 Å². The zero-order chi connectivity index (χ0) is 12.7. The highest BCUT2D eigenvalue weighted by Gasteiger charge is 2.09. The molecule has 1 aromatic rings. The van der Waals surface area contributed by atoms with Gasteiger partial charge in [0.15, 0.2) is 0 Å². The van der Waals surface area contributed by atoms with Crippen LogP contribution in [0, 0.1) is 5.82 Å². The summed E-state index contributed by atoms with van der Waals surface area (Å²) in [6.07, 6.45) is 0.459. The van der Waals surface area contributed by atoms with Crippen molar-refractivity contribution in [2.75, 3.05) is 18.8 Å². The van der Waals surface area contributed by atoms with Crippen LogP contribution in [-0.2, 0) is 4.79 Å². The molecule has 0 saturated heterocycles. The van der Waals surface area contributed by atoms with Gasteiger partial charge in [-0.2, -0.15) is 0 Å². The third-order valence-electron chi connectivity index (χ3n) is 2.53. The van der Waals surface area contributed by atoms with E-state index >= 15 is 0 Å². The van der Waals surface area contributed by atoms with E-state index in [4.69, 9.17) is 0 Å². The summed E-state index contributed by atoms with van der Waals surface area (Å²) in [5.74, 6) is 0.544. The predicted octanol–water partition coefficient (Wildman–Crippen LogP) is 3.18. The molecule has 1 aromatic carbocycles. The highest BCUT2D eigenvalue weighted by Crippen LogP contribution is 2.21. The van der Waals surface area contributed by atoms with E-state index in [1.54, 1.807) is 23.1 Å². The van der Waals surface area contributed by atoms with Crippen molar-refractivity contribution in [2.45, 2.75) is 25.2 Å². The lowest BCUT2D eigenvalue weighted by Gasteiger charge is -2.18. The minimum atomic E-state index is -0.215. The monoisotopic (exact) mass is 255 g/mol. The third-order valence-corrected chi connectivity index (χ3v) is 3.58. The summed E-state index contributed by atoms with van der Waals surface area (Å²) < 4.78 is 13.3. The quantitative estimate of drug-likeness (QED) is 0.728. The Balaban J connectivity index is 2.38. The van der Waals surface area contributed by atoms with Gasteiger partial charge in [0.2, 0.25) is 5.91 Å². The molecule has 0 radical (unpaired) electrons. The molecule has 2 nitrogen and oxygen atoms in total. The molecule has 0 aromatic heterocycles. The molecular weight excluding hydrogens is 237 g/mol. The van der Waals surface area contributed by atoms with Gasteiger partial charge < -0.3 is 4.90 Å². The second kappa shape index (κ2) is 7.33. The fraction of sp³-hybridized carbons (Fsp3) is 0.462. The summed E-state index contributed by atoms with van der Waals surface area (Å²) in [5.41, 5.74) is 0. The second-order valence-corrected chi connectivity index (χ2v) is 4.73. The molecule has 0 fully saturated rings. The molecule has 0 aliphatic heterocycles. The molecule has 0 N–H and O–H groups in total. The molecule has 0 saturated carbocycles. The summed E-state index contributed by atoms with van der Waals surface area (Å²) >= 11 is 1.39. The highest BCUT2D eigenvalue weighted by atomic mass is 32.2. The Morgan fingerprint density at radius 2 is 1.94 bits per heavy atom. The fourth-order valence-corrected chi connectivity index (χ4v) is 2.42. The molecule has 0 aliphatic carbocycles. The van der Waals surface area contributed by atoms with Crippen LogP contribution in [0.5, 0.6) is 0 Å². The molecule has 1 rings (SSSR count). The molecule has 0 aliphatic rings. The lowest BCUT2D eigenvalue weighted by molar-refractivity contribution is -0.130. The molecule has 17 heavy (non-hydrogen) atoms. The molecular formula is C13H18FNOS. The van der Waals surface area contributed by atoms with Crippen molar-refractivity contribution in [1.29, 1.82) is 0 Å². The van der Waals surface area contributed by atoms with Crippen LogP contribution in [0.3, 0.4) is 0 Å². The first-order valence-electron chi connectivity index (χ1n) is 5.84. The second-order valence-electron chi connectivity index (χ2n) is 3.59. The van der Waals surface area contributed by atoms with Gasteiger partial charge in [-0.3, -0.25) is 4.79 Å². The molecule has 4 heteroatoms. The summed E-state index contributed by atoms with van der Waals surface area (Å²) in [6.45, 7) is 5.40. The van der Waals surface area contributed by atoms with Crippen LogP contribution in [-0.4, -0.2) is 29.6 Å². The summed E-state index contributed by atoms with van der Waals surface area (Å²) in [7, 11) is 0. The number of thioether (sulfide) groups is 1. The van der Waals surface area contributed by atoms with Crippen molar-refractivity contribution in [1.82, 2.24) is 4.90 Å². The van der Waals surface area contributed by atoms with E-state index in [9.17, 15) is 9.18 Å². The van der Waals surface area contributed by atoms with Gasteiger partial charge in [0.05, 0.1) is 0 Å². The fourth-order valence-electron chi connectivity index (χ4n) is 1.54. The lowest BCUT2D eigenvalue weighted by atomic mass is 10.3. The molecule has 1 amide bonds. The smallest absolute Gasteiger partial charge is 0.223 e. The van der Waals surface area contributed by atoms with Crippen LogP contribution in [0.2, 0.25) is 0 Å². The number of benzene rings is 1. The SMILES string of the molecule is CCN(CC)C(=O)CCSc1ccccc1F. The maximum Gasteiger partial charge on any atom is 0.223 e. The standard InChI is InChI=1S/C13H18FNOS/c1-3-15(4-2)13(16)9-10-17-12-8-6-5-7-11(12)14/h5-8H,3-4,9-10H2,1-2H3. The molecule has 0 spiro atoms. The Kier molecular flexibility index (Phi) is 6.05. The van der Waals surface area contributed by atoms with Crippen LogP contribution in [0.15, 0.2) is 29.2 Å². The minimum absolute atomic E-state index is 0.138. The predicted molar refractivity (Wildman–Crippen MR) is 69.7 cm³/mol. The van der Waals surface area contributed by atoms with Crippen LogP contribution in [0.1, 0.15) is 20.3 Å². The number of carbonyl (C=O) groups is 1. The number of halogens is 1. The van der Waals surface area contributed by atoms with Crippen molar-refractivity contribution in [2.24, 2.45) is 0 Å². The van der Waals surface area contributed by atoms with Crippen LogP contribution >= 0.6 is 11.8 Å². The number of nitrogens with zero attached hydrogens (tertiary/aromatic N) is 1. The largest absolute Gasteiger partial charge is 0.343 e. The summed E-state index contributed by atoms with van der Waals surface area (Å²) in [6, 6.07) is 6.65. The number of hydrogen-bond donors (Lipinski definition) is 0. The Morgan fingerprint density at radius 3 is 2.53 bits per heavy atom. The van der Waals surface area contributed by atoms with E-state index in [-0.39, 0.29) is 11.7 Å². The topological polar surface area (TPSA) is 20.3 Å². The van der Waals surface area contributed by atoms with Gasteiger partial charge >= 0.3 is 0 Å². The van der Waals surface area contributed by atoms with Gasteiger partial charge in [0.25, 0.3) is 0 Å². The maximum atomic E-state index is 13.3. The van der Waals surface area contributed by atoms with Gasteiger partial charge in [-0.05, 0) is 26.0 Å². The summed E-state index contributed by atoms with van der Waals surface area (Å²) in [4.78, 5) is 14.1. The Bertz CT molecular complexity index is 366. The first-order valence-corrected chi connectivity index (χ1v) is 6.82. The van der Waals surface area contributed by atoms with Crippen LogP contribution in [0.4, 0.5) is 4.39 Å². The third kappa shape index (κ3) is 4.38. The average Bonchev–Trinajstić information content (AvgIpc) is 2.33. The highest BCUT2D eigenvalue weighted by molar-refractivity contribution is 7.99. The Labute approximate surface area is 106 Å². The van der Waals surface area contributed by atoms with Gasteiger partial charge in [-0.15, -0.1) is 11.8 Å². The molecule has 0 atom stereocenters. The van der Waals surface area contributed by atoms with E-state index in [0.29, 0.717) is 17.1 Å². The van der Waals surface area contributed by atoms with E-state index < -0.39 is 0 Å². The van der Waals surface area contributed by atoms with E-state index in [1.165, 1.54) is 17.8 Å². The average molecular weight is 255 g/mol. The lowest BCUT2D eigenvalue weighted by Crippen LogP contribution is -2.30. The molecule has 0 heterocycles. The number of rotatable bonds is 6. The number of carbonyl (C=O) groups excluding carboxylic acids is 1. The van der Waals surface area contributed by atoms with E-state index in [1.807, 2.05) is 13.8 Å². The van der Waals surface area contributed by atoms with Crippen molar-refractivity contribution >= 4 is 17.7 Å². The van der Waals surface area contributed by atoms with Crippen molar-refractivity contribution < 1.29 is 9.18 Å². The van der Waals surface area contributed by atoms with Crippen molar-refractivity contribution in [3.05, 3.63) is 30.1 Å². The first-order chi connectivity index (χ1) is 8.19. The van der Waals surface area contributed by atoms with Crippen LogP contribution < -0.4 is 0 Å². The molecule has 0 unspecified atom stereocenters. The normalized spacial score (nSPS) is 10.3. The van der Waals surface area contributed by atoms with Gasteiger partial charge in [0.1, 0.15) is 5.82 Å². The maximum absolute atomic E-state index is 13.3. The van der Waals surface area contributed by atoms with Crippen LogP contribution in [0.25, 0.3) is 0 Å². The Hall–Kier alpha value is -1.03. The minimum Gasteiger partial charge on any atom is -0.343 e. The van der Waals surface area contributed by atoms with Gasteiger partial charge in [-0.1, -0.05) is 12.1 Å². The first kappa shape index (κ1) is 14.0. The zero-order valence-electron chi connectivity index (χ0n) is 10.3. The van der Waals surface area contributed by atoms with Crippen molar-refractivity contribution in [3.63, 3.8) is 0 Å². The van der Waals surface area contributed by atoms with E-state index in [2.05, 4.69) is 0 Å². The van der Waals surface area contributed by atoms with Crippen molar-refractivity contribution in [3.8, 4) is 0 Å². The zero-order valence-corrected chi connectivity index (χ0v) is 11.1.